The highest BCUT2D eigenvalue weighted by atomic mass is 79.9. The van der Waals surface area contributed by atoms with Crippen molar-refractivity contribution >= 4 is 27.5 Å². The number of carbonyl (C=O) groups excluding carboxylic acids is 1. The van der Waals surface area contributed by atoms with Crippen LogP contribution in [-0.2, 0) is 11.3 Å². The highest BCUT2D eigenvalue weighted by Crippen LogP contribution is 2.09. The predicted octanol–water partition coefficient (Wildman–Crippen LogP) is 2.95. The summed E-state index contributed by atoms with van der Waals surface area (Å²) in [7, 11) is 0. The van der Waals surface area contributed by atoms with E-state index in [2.05, 4.69) is 21.2 Å². The molecule has 1 heterocycles. The quantitative estimate of drug-likeness (QED) is 0.934. The van der Waals surface area contributed by atoms with Crippen molar-refractivity contribution in [1.29, 1.82) is 0 Å². The number of halogens is 1. The van der Waals surface area contributed by atoms with Crippen LogP contribution in [0.4, 0.5) is 5.69 Å². The van der Waals surface area contributed by atoms with Crippen molar-refractivity contribution in [3.63, 3.8) is 0 Å². The molecular formula is C15H15BrN2O2. The van der Waals surface area contributed by atoms with E-state index in [0.717, 1.165) is 15.7 Å². The van der Waals surface area contributed by atoms with E-state index >= 15 is 0 Å². The number of nitrogens with one attached hydrogen (secondary N) is 1. The number of pyridine rings is 1. The Balaban J connectivity index is 1.93. The van der Waals surface area contributed by atoms with E-state index in [4.69, 9.17) is 0 Å². The minimum Gasteiger partial charge on any atom is -0.326 e. The molecule has 20 heavy (non-hydrogen) atoms. The zero-order valence-electron chi connectivity index (χ0n) is 11.1. The third-order valence-corrected chi connectivity index (χ3v) is 3.33. The van der Waals surface area contributed by atoms with Gasteiger partial charge >= 0.3 is 0 Å². The van der Waals surface area contributed by atoms with Crippen LogP contribution in [0.2, 0.25) is 0 Å². The number of anilines is 1. The summed E-state index contributed by atoms with van der Waals surface area (Å²) >= 11 is 3.30. The average molecular weight is 335 g/mol. The van der Waals surface area contributed by atoms with Crippen LogP contribution in [0.5, 0.6) is 0 Å². The Kier molecular flexibility index (Phi) is 4.74. The van der Waals surface area contributed by atoms with Gasteiger partial charge in [-0.2, -0.15) is 0 Å². The fourth-order valence-corrected chi connectivity index (χ4v) is 2.14. The van der Waals surface area contributed by atoms with Crippen LogP contribution in [0, 0.1) is 6.92 Å². The molecule has 0 radical (unpaired) electrons. The van der Waals surface area contributed by atoms with Crippen LogP contribution < -0.4 is 10.9 Å². The summed E-state index contributed by atoms with van der Waals surface area (Å²) in [4.78, 5) is 23.4. The Labute approximate surface area is 125 Å². The van der Waals surface area contributed by atoms with Gasteiger partial charge in [0.1, 0.15) is 0 Å². The summed E-state index contributed by atoms with van der Waals surface area (Å²) in [6.07, 6.45) is 1.94. The smallest absolute Gasteiger partial charge is 0.250 e. The van der Waals surface area contributed by atoms with Gasteiger partial charge in [-0.1, -0.05) is 17.7 Å². The first-order valence-corrected chi connectivity index (χ1v) is 7.06. The van der Waals surface area contributed by atoms with Crippen molar-refractivity contribution in [3.05, 3.63) is 63.0 Å². The fourth-order valence-electron chi connectivity index (χ4n) is 1.76. The van der Waals surface area contributed by atoms with Crippen LogP contribution in [0.25, 0.3) is 0 Å². The number of hydrogen-bond donors (Lipinski definition) is 1. The molecular weight excluding hydrogens is 320 g/mol. The molecule has 0 bridgehead atoms. The number of aryl methyl sites for hydroxylation is 2. The highest BCUT2D eigenvalue weighted by Gasteiger charge is 2.04. The van der Waals surface area contributed by atoms with Gasteiger partial charge in [-0.05, 0) is 41.1 Å². The third-order valence-electron chi connectivity index (χ3n) is 2.86. The summed E-state index contributed by atoms with van der Waals surface area (Å²) in [6, 6.07) is 10.8. The number of benzene rings is 1. The molecule has 2 aromatic rings. The Morgan fingerprint density at radius 3 is 2.60 bits per heavy atom. The third kappa shape index (κ3) is 4.06. The molecule has 0 atom stereocenters. The molecule has 5 heteroatoms. The van der Waals surface area contributed by atoms with E-state index in [9.17, 15) is 9.59 Å². The Hall–Kier alpha value is -1.88. The molecule has 0 aliphatic heterocycles. The Morgan fingerprint density at radius 2 is 1.90 bits per heavy atom. The van der Waals surface area contributed by atoms with E-state index in [1.807, 2.05) is 31.2 Å². The number of rotatable bonds is 4. The predicted molar refractivity (Wildman–Crippen MR) is 82.8 cm³/mol. The number of hydrogen-bond acceptors (Lipinski definition) is 2. The summed E-state index contributed by atoms with van der Waals surface area (Å²) in [5.74, 6) is -0.110. The zero-order chi connectivity index (χ0) is 14.5. The van der Waals surface area contributed by atoms with Gasteiger partial charge in [0.15, 0.2) is 0 Å². The fraction of sp³-hybridized carbons (Fsp3) is 0.200. The van der Waals surface area contributed by atoms with Crippen molar-refractivity contribution in [2.45, 2.75) is 19.9 Å². The van der Waals surface area contributed by atoms with Crippen LogP contribution in [0.15, 0.2) is 51.9 Å². The topological polar surface area (TPSA) is 51.1 Å². The lowest BCUT2D eigenvalue weighted by atomic mass is 10.2. The normalized spacial score (nSPS) is 10.3. The molecule has 0 aliphatic rings. The molecule has 1 amide bonds. The molecule has 0 unspecified atom stereocenters. The largest absolute Gasteiger partial charge is 0.326 e. The molecule has 2 rings (SSSR count). The number of amides is 1. The van der Waals surface area contributed by atoms with Gasteiger partial charge in [0.05, 0.1) is 0 Å². The standard InChI is InChI=1S/C15H15BrN2O2/c1-11-2-5-13(6-3-11)17-14(19)8-9-18-10-12(16)4-7-15(18)20/h2-7,10H,8-9H2,1H3,(H,17,19). The van der Waals surface area contributed by atoms with E-state index in [1.54, 1.807) is 12.3 Å². The van der Waals surface area contributed by atoms with Crippen molar-refractivity contribution in [2.75, 3.05) is 5.32 Å². The van der Waals surface area contributed by atoms with Crippen LogP contribution >= 0.6 is 15.9 Å². The first-order valence-electron chi connectivity index (χ1n) is 6.27. The van der Waals surface area contributed by atoms with Crippen LogP contribution in [0.3, 0.4) is 0 Å². The van der Waals surface area contributed by atoms with E-state index in [0.29, 0.717) is 6.54 Å². The van der Waals surface area contributed by atoms with E-state index in [-0.39, 0.29) is 17.9 Å². The second-order valence-electron chi connectivity index (χ2n) is 4.54. The van der Waals surface area contributed by atoms with Crippen molar-refractivity contribution in [2.24, 2.45) is 0 Å². The van der Waals surface area contributed by atoms with Gasteiger partial charge in [-0.15, -0.1) is 0 Å². The molecule has 104 valence electrons. The van der Waals surface area contributed by atoms with Crippen molar-refractivity contribution in [1.82, 2.24) is 4.57 Å². The summed E-state index contributed by atoms with van der Waals surface area (Å²) in [6.45, 7) is 2.35. The van der Waals surface area contributed by atoms with Crippen molar-refractivity contribution in [3.8, 4) is 0 Å². The number of carbonyl (C=O) groups is 1. The van der Waals surface area contributed by atoms with Gasteiger partial charge in [-0.25, -0.2) is 0 Å². The molecule has 0 spiro atoms. The van der Waals surface area contributed by atoms with E-state index in [1.165, 1.54) is 10.6 Å². The maximum atomic E-state index is 11.8. The molecule has 1 N–H and O–H groups in total. The summed E-state index contributed by atoms with van der Waals surface area (Å²) in [5, 5.41) is 2.81. The lowest BCUT2D eigenvalue weighted by molar-refractivity contribution is -0.116. The maximum Gasteiger partial charge on any atom is 0.250 e. The second-order valence-corrected chi connectivity index (χ2v) is 5.46. The summed E-state index contributed by atoms with van der Waals surface area (Å²) in [5.41, 5.74) is 1.79. The minimum absolute atomic E-state index is 0.110. The van der Waals surface area contributed by atoms with Crippen LogP contribution in [-0.4, -0.2) is 10.5 Å². The number of aromatic nitrogens is 1. The molecule has 0 saturated carbocycles. The monoisotopic (exact) mass is 334 g/mol. The lowest BCUT2D eigenvalue weighted by Gasteiger charge is -2.07. The van der Waals surface area contributed by atoms with Gasteiger partial charge in [0.2, 0.25) is 5.91 Å². The number of nitrogens with zero attached hydrogens (tertiary/aromatic N) is 1. The highest BCUT2D eigenvalue weighted by molar-refractivity contribution is 9.10. The molecule has 1 aromatic heterocycles. The van der Waals surface area contributed by atoms with Gasteiger partial charge in [0.25, 0.3) is 5.56 Å². The zero-order valence-corrected chi connectivity index (χ0v) is 12.7. The first-order chi connectivity index (χ1) is 9.54. The van der Waals surface area contributed by atoms with Gasteiger partial charge < -0.3 is 9.88 Å². The minimum atomic E-state index is -0.115. The van der Waals surface area contributed by atoms with Gasteiger partial charge in [0, 0.05) is 35.4 Å². The molecule has 0 fully saturated rings. The molecule has 1 aromatic carbocycles. The van der Waals surface area contributed by atoms with Crippen molar-refractivity contribution < 1.29 is 4.79 Å². The summed E-state index contributed by atoms with van der Waals surface area (Å²) < 4.78 is 2.33. The average Bonchev–Trinajstić information content (AvgIpc) is 2.42. The van der Waals surface area contributed by atoms with Crippen LogP contribution in [0.1, 0.15) is 12.0 Å². The van der Waals surface area contributed by atoms with E-state index < -0.39 is 0 Å². The molecule has 4 nitrogen and oxygen atoms in total. The molecule has 0 aliphatic carbocycles. The second kappa shape index (κ2) is 6.52. The SMILES string of the molecule is Cc1ccc(NC(=O)CCn2cc(Br)ccc2=O)cc1. The van der Waals surface area contributed by atoms with Gasteiger partial charge in [-0.3, -0.25) is 9.59 Å². The Bertz CT molecular complexity index is 662. The first kappa shape index (κ1) is 14.5. The lowest BCUT2D eigenvalue weighted by Crippen LogP contribution is -2.22. The Morgan fingerprint density at radius 1 is 1.20 bits per heavy atom. The maximum absolute atomic E-state index is 11.8. The molecule has 0 saturated heterocycles.